The SMILES string of the molecule is CC(NC(=O)CSc1nnnn1Cc1ccccc1)c1ccc(Cl)cc1. The zero-order valence-electron chi connectivity index (χ0n) is 14.2. The Labute approximate surface area is 160 Å². The number of rotatable bonds is 7. The molecule has 1 unspecified atom stereocenters. The predicted molar refractivity (Wildman–Crippen MR) is 102 cm³/mol. The number of halogens is 1. The minimum Gasteiger partial charge on any atom is -0.349 e. The van der Waals surface area contributed by atoms with Gasteiger partial charge in [-0.25, -0.2) is 4.68 Å². The van der Waals surface area contributed by atoms with Crippen LogP contribution in [-0.2, 0) is 11.3 Å². The Kier molecular flexibility index (Phi) is 6.25. The average molecular weight is 388 g/mol. The fourth-order valence-corrected chi connectivity index (χ4v) is 3.22. The second-order valence-corrected chi connectivity index (χ2v) is 7.11. The van der Waals surface area contributed by atoms with E-state index in [2.05, 4.69) is 20.8 Å². The smallest absolute Gasteiger partial charge is 0.230 e. The van der Waals surface area contributed by atoms with Crippen LogP contribution >= 0.6 is 23.4 Å². The normalized spacial score (nSPS) is 11.9. The highest BCUT2D eigenvalue weighted by molar-refractivity contribution is 7.99. The molecule has 1 N–H and O–H groups in total. The summed E-state index contributed by atoms with van der Waals surface area (Å²) in [6, 6.07) is 17.3. The van der Waals surface area contributed by atoms with E-state index in [-0.39, 0.29) is 17.7 Å². The fraction of sp³-hybridized carbons (Fsp3) is 0.222. The van der Waals surface area contributed by atoms with Crippen molar-refractivity contribution in [3.8, 4) is 0 Å². The highest BCUT2D eigenvalue weighted by Gasteiger charge is 2.13. The molecule has 134 valence electrons. The van der Waals surface area contributed by atoms with E-state index in [0.29, 0.717) is 16.7 Å². The number of aromatic nitrogens is 4. The number of carbonyl (C=O) groups excluding carboxylic acids is 1. The van der Waals surface area contributed by atoms with Crippen LogP contribution in [0, 0.1) is 0 Å². The molecule has 0 saturated heterocycles. The summed E-state index contributed by atoms with van der Waals surface area (Å²) in [6.45, 7) is 2.50. The number of benzene rings is 2. The van der Waals surface area contributed by atoms with Gasteiger partial charge in [0.2, 0.25) is 11.1 Å². The largest absolute Gasteiger partial charge is 0.349 e. The third-order valence-electron chi connectivity index (χ3n) is 3.75. The van der Waals surface area contributed by atoms with Crippen molar-refractivity contribution in [2.45, 2.75) is 24.7 Å². The van der Waals surface area contributed by atoms with Gasteiger partial charge in [-0.2, -0.15) is 0 Å². The molecule has 3 aromatic rings. The second-order valence-electron chi connectivity index (χ2n) is 5.73. The molecule has 0 fully saturated rings. The van der Waals surface area contributed by atoms with Crippen molar-refractivity contribution in [3.05, 3.63) is 70.7 Å². The molecule has 0 aliphatic heterocycles. The molecule has 0 spiro atoms. The van der Waals surface area contributed by atoms with Gasteiger partial charge in [-0.15, -0.1) is 5.10 Å². The Morgan fingerprint density at radius 2 is 1.92 bits per heavy atom. The Hall–Kier alpha value is -2.38. The van der Waals surface area contributed by atoms with Crippen LogP contribution < -0.4 is 5.32 Å². The summed E-state index contributed by atoms with van der Waals surface area (Å²) >= 11 is 7.20. The van der Waals surface area contributed by atoms with Crippen molar-refractivity contribution < 1.29 is 4.79 Å². The second kappa shape index (κ2) is 8.82. The molecule has 0 radical (unpaired) electrons. The van der Waals surface area contributed by atoms with E-state index in [1.54, 1.807) is 4.68 Å². The summed E-state index contributed by atoms with van der Waals surface area (Å²) in [4.78, 5) is 12.2. The monoisotopic (exact) mass is 387 g/mol. The lowest BCUT2D eigenvalue weighted by atomic mass is 10.1. The number of nitrogens with zero attached hydrogens (tertiary/aromatic N) is 4. The number of nitrogens with one attached hydrogen (secondary N) is 1. The first-order valence-electron chi connectivity index (χ1n) is 8.09. The van der Waals surface area contributed by atoms with Crippen LogP contribution in [-0.4, -0.2) is 31.9 Å². The summed E-state index contributed by atoms with van der Waals surface area (Å²) in [5.74, 6) is 0.166. The van der Waals surface area contributed by atoms with Crippen LogP contribution in [0.15, 0.2) is 59.8 Å². The van der Waals surface area contributed by atoms with Gasteiger partial charge in [0, 0.05) is 5.02 Å². The highest BCUT2D eigenvalue weighted by Crippen LogP contribution is 2.18. The van der Waals surface area contributed by atoms with Crippen LogP contribution in [0.25, 0.3) is 0 Å². The highest BCUT2D eigenvalue weighted by atomic mass is 35.5. The number of hydrogen-bond donors (Lipinski definition) is 1. The van der Waals surface area contributed by atoms with E-state index in [9.17, 15) is 4.79 Å². The van der Waals surface area contributed by atoms with Crippen molar-refractivity contribution in [2.75, 3.05) is 5.75 Å². The summed E-state index contributed by atoms with van der Waals surface area (Å²) in [5, 5.41) is 16.0. The molecule has 0 bridgehead atoms. The fourth-order valence-electron chi connectivity index (χ4n) is 2.40. The van der Waals surface area contributed by atoms with Crippen molar-refractivity contribution in [2.24, 2.45) is 0 Å². The van der Waals surface area contributed by atoms with Gasteiger partial charge in [-0.3, -0.25) is 4.79 Å². The molecule has 26 heavy (non-hydrogen) atoms. The molecule has 1 heterocycles. The lowest BCUT2D eigenvalue weighted by molar-refractivity contribution is -0.119. The van der Waals surface area contributed by atoms with Crippen LogP contribution in [0.1, 0.15) is 24.1 Å². The molecule has 0 aliphatic carbocycles. The van der Waals surface area contributed by atoms with E-state index in [1.165, 1.54) is 11.8 Å². The minimum atomic E-state index is -0.0966. The molecule has 3 rings (SSSR count). The Bertz CT molecular complexity index is 854. The molecule has 1 atom stereocenters. The quantitative estimate of drug-likeness (QED) is 0.629. The van der Waals surface area contributed by atoms with Crippen molar-refractivity contribution in [3.63, 3.8) is 0 Å². The van der Waals surface area contributed by atoms with Crippen LogP contribution in [0.3, 0.4) is 0 Å². The number of hydrogen-bond acceptors (Lipinski definition) is 5. The van der Waals surface area contributed by atoms with Crippen LogP contribution in [0.4, 0.5) is 0 Å². The Balaban J connectivity index is 1.53. The maximum absolute atomic E-state index is 12.2. The standard InChI is InChI=1S/C18H18ClN5OS/c1-13(15-7-9-16(19)10-8-15)20-17(25)12-26-18-21-22-23-24(18)11-14-5-3-2-4-6-14/h2-10,13H,11-12H2,1H3,(H,20,25). The van der Waals surface area contributed by atoms with E-state index in [1.807, 2.05) is 61.5 Å². The average Bonchev–Trinajstić information content (AvgIpc) is 3.08. The van der Waals surface area contributed by atoms with Gasteiger partial charge in [-0.1, -0.05) is 65.8 Å². The molecular formula is C18H18ClN5OS. The third-order valence-corrected chi connectivity index (χ3v) is 4.96. The van der Waals surface area contributed by atoms with E-state index < -0.39 is 0 Å². The van der Waals surface area contributed by atoms with Crippen LogP contribution in [0.5, 0.6) is 0 Å². The van der Waals surface area contributed by atoms with Gasteiger partial charge >= 0.3 is 0 Å². The lowest BCUT2D eigenvalue weighted by Gasteiger charge is -2.14. The summed E-state index contributed by atoms with van der Waals surface area (Å²) in [7, 11) is 0. The van der Waals surface area contributed by atoms with Crippen molar-refractivity contribution >= 4 is 29.3 Å². The minimum absolute atomic E-state index is 0.0771. The molecular weight excluding hydrogens is 370 g/mol. The molecule has 0 saturated carbocycles. The summed E-state index contributed by atoms with van der Waals surface area (Å²) in [6.07, 6.45) is 0. The number of tetrazole rings is 1. The number of carbonyl (C=O) groups is 1. The van der Waals surface area contributed by atoms with Gasteiger partial charge in [0.15, 0.2) is 0 Å². The van der Waals surface area contributed by atoms with Crippen LogP contribution in [0.2, 0.25) is 5.02 Å². The van der Waals surface area contributed by atoms with Gasteiger partial charge in [0.25, 0.3) is 0 Å². The summed E-state index contributed by atoms with van der Waals surface area (Å²) in [5.41, 5.74) is 2.10. The maximum Gasteiger partial charge on any atom is 0.230 e. The van der Waals surface area contributed by atoms with Gasteiger partial charge in [0.1, 0.15) is 0 Å². The zero-order chi connectivity index (χ0) is 18.4. The van der Waals surface area contributed by atoms with Gasteiger partial charge in [0.05, 0.1) is 18.3 Å². The summed E-state index contributed by atoms with van der Waals surface area (Å²) < 4.78 is 1.69. The topological polar surface area (TPSA) is 72.7 Å². The van der Waals surface area contributed by atoms with Crippen molar-refractivity contribution in [1.29, 1.82) is 0 Å². The molecule has 8 heteroatoms. The van der Waals surface area contributed by atoms with E-state index >= 15 is 0 Å². The van der Waals surface area contributed by atoms with E-state index in [4.69, 9.17) is 11.6 Å². The van der Waals surface area contributed by atoms with Gasteiger partial charge in [-0.05, 0) is 40.6 Å². The molecule has 1 aromatic heterocycles. The molecule has 2 aromatic carbocycles. The number of thioether (sulfide) groups is 1. The lowest BCUT2D eigenvalue weighted by Crippen LogP contribution is -2.28. The first-order chi connectivity index (χ1) is 12.6. The zero-order valence-corrected chi connectivity index (χ0v) is 15.7. The molecule has 0 aliphatic rings. The number of amides is 1. The Morgan fingerprint density at radius 3 is 2.65 bits per heavy atom. The predicted octanol–water partition coefficient (Wildman–Crippen LogP) is 3.34. The first-order valence-corrected chi connectivity index (χ1v) is 9.46. The van der Waals surface area contributed by atoms with Gasteiger partial charge < -0.3 is 5.32 Å². The van der Waals surface area contributed by atoms with E-state index in [0.717, 1.165) is 11.1 Å². The third kappa shape index (κ3) is 5.06. The Morgan fingerprint density at radius 1 is 1.19 bits per heavy atom. The van der Waals surface area contributed by atoms with Crippen molar-refractivity contribution in [1.82, 2.24) is 25.5 Å². The molecule has 1 amide bonds. The molecule has 6 nitrogen and oxygen atoms in total. The maximum atomic E-state index is 12.2. The first kappa shape index (κ1) is 18.4.